The average Bonchev–Trinajstić information content (AvgIpc) is 3.87. The Balaban J connectivity index is 1.07. The Morgan fingerprint density at radius 3 is 1.72 bits per heavy atom. The van der Waals surface area contributed by atoms with E-state index in [0.29, 0.717) is 6.67 Å². The monoisotopic (exact) mass is 878 g/mol. The summed E-state index contributed by atoms with van der Waals surface area (Å²) in [5.41, 5.74) is 14.0. The molecule has 0 spiro atoms. The number of benzene rings is 7. The van der Waals surface area contributed by atoms with E-state index in [1.807, 2.05) is 6.20 Å². The highest BCUT2D eigenvalue weighted by molar-refractivity contribution is 6.09. The summed E-state index contributed by atoms with van der Waals surface area (Å²) in [6, 6.07) is 64.0. The standard InChI is InChI=1S/C62H62N4O/c1-59(2,3)44-32-33-63-58(38-44)66-54-27-18-17-26-52(54)53-30-29-51(40-56(53)66)67-50-25-19-24-48(39-50)64-41-65(55-31-28-45(37-57(55)64)61(7,8)42-20-13-11-14-21-42)49-35-46(60(4,5)6)34-47(36-49)62(9,10)43-22-15-12-16-23-43/h11-40H,41H2,1-10H3. The number of hydrogen-bond acceptors (Lipinski definition) is 4. The summed E-state index contributed by atoms with van der Waals surface area (Å²) in [5.74, 6) is 2.44. The third kappa shape index (κ3) is 8.05. The molecule has 9 aromatic rings. The zero-order chi connectivity index (χ0) is 46.9. The zero-order valence-corrected chi connectivity index (χ0v) is 40.7. The van der Waals surface area contributed by atoms with Crippen LogP contribution in [0, 0.1) is 0 Å². The molecule has 0 N–H and O–H groups in total. The third-order valence-corrected chi connectivity index (χ3v) is 14.2. The van der Waals surface area contributed by atoms with Gasteiger partial charge in [0.05, 0.1) is 22.4 Å². The Kier molecular flexibility index (Phi) is 10.7. The molecule has 0 radical (unpaired) electrons. The number of aromatic nitrogens is 2. The third-order valence-electron chi connectivity index (χ3n) is 14.2. The van der Waals surface area contributed by atoms with Crippen LogP contribution in [0.2, 0.25) is 0 Å². The lowest BCUT2D eigenvalue weighted by Gasteiger charge is -2.32. The van der Waals surface area contributed by atoms with Crippen LogP contribution in [0.5, 0.6) is 11.5 Å². The molecule has 2 aromatic heterocycles. The minimum absolute atomic E-state index is 0.0129. The van der Waals surface area contributed by atoms with Crippen molar-refractivity contribution in [2.24, 2.45) is 0 Å². The van der Waals surface area contributed by atoms with Crippen molar-refractivity contribution in [3.05, 3.63) is 216 Å². The van der Waals surface area contributed by atoms with E-state index >= 15 is 0 Å². The molecule has 0 unspecified atom stereocenters. The van der Waals surface area contributed by atoms with Crippen molar-refractivity contribution in [1.29, 1.82) is 0 Å². The summed E-state index contributed by atoms with van der Waals surface area (Å²) in [6.07, 6.45) is 1.93. The lowest BCUT2D eigenvalue weighted by Crippen LogP contribution is -2.26. The number of anilines is 4. The molecule has 7 aromatic carbocycles. The number of para-hydroxylation sites is 1. The van der Waals surface area contributed by atoms with Crippen molar-refractivity contribution in [3.8, 4) is 17.3 Å². The molecule has 67 heavy (non-hydrogen) atoms. The summed E-state index contributed by atoms with van der Waals surface area (Å²) in [5, 5.41) is 2.35. The predicted octanol–water partition coefficient (Wildman–Crippen LogP) is 16.5. The van der Waals surface area contributed by atoms with Crippen LogP contribution in [0.4, 0.5) is 22.7 Å². The van der Waals surface area contributed by atoms with Gasteiger partial charge in [0, 0.05) is 51.3 Å². The van der Waals surface area contributed by atoms with Crippen LogP contribution in [0.15, 0.2) is 182 Å². The quantitative estimate of drug-likeness (QED) is 0.145. The van der Waals surface area contributed by atoms with Crippen LogP contribution in [0.1, 0.15) is 103 Å². The number of nitrogens with zero attached hydrogens (tertiary/aromatic N) is 4. The molecule has 0 fully saturated rings. The highest BCUT2D eigenvalue weighted by Gasteiger charge is 2.34. The first-order chi connectivity index (χ1) is 32.0. The van der Waals surface area contributed by atoms with Crippen molar-refractivity contribution < 1.29 is 4.74 Å². The van der Waals surface area contributed by atoms with E-state index in [0.717, 1.165) is 39.4 Å². The summed E-state index contributed by atoms with van der Waals surface area (Å²) in [6.45, 7) is 23.7. The fraction of sp³-hybridized carbons (Fsp3) is 0.242. The average molecular weight is 879 g/mol. The largest absolute Gasteiger partial charge is 0.457 e. The highest BCUT2D eigenvalue weighted by atomic mass is 16.5. The van der Waals surface area contributed by atoms with Gasteiger partial charge in [0.1, 0.15) is 24.0 Å². The highest BCUT2D eigenvalue weighted by Crippen LogP contribution is 2.49. The van der Waals surface area contributed by atoms with Gasteiger partial charge >= 0.3 is 0 Å². The molecule has 10 rings (SSSR count). The number of fused-ring (bicyclic) bond motifs is 4. The van der Waals surface area contributed by atoms with Gasteiger partial charge in [-0.2, -0.15) is 0 Å². The number of hydrogen-bond donors (Lipinski definition) is 0. The molecule has 0 saturated carbocycles. The molecule has 1 aliphatic heterocycles. The van der Waals surface area contributed by atoms with Gasteiger partial charge in [0.25, 0.3) is 0 Å². The van der Waals surface area contributed by atoms with E-state index < -0.39 is 0 Å². The molecule has 0 atom stereocenters. The maximum Gasteiger partial charge on any atom is 0.137 e. The van der Waals surface area contributed by atoms with Gasteiger partial charge in [-0.25, -0.2) is 4.98 Å². The van der Waals surface area contributed by atoms with Crippen LogP contribution in [-0.2, 0) is 21.7 Å². The first kappa shape index (κ1) is 43.8. The number of ether oxygens (including phenoxy) is 1. The molecule has 0 bridgehead atoms. The molecular weight excluding hydrogens is 817 g/mol. The van der Waals surface area contributed by atoms with Crippen LogP contribution in [-0.4, -0.2) is 16.2 Å². The lowest BCUT2D eigenvalue weighted by molar-refractivity contribution is 0.483. The smallest absolute Gasteiger partial charge is 0.137 e. The molecule has 5 nitrogen and oxygen atoms in total. The van der Waals surface area contributed by atoms with E-state index in [9.17, 15) is 0 Å². The topological polar surface area (TPSA) is 33.5 Å². The summed E-state index contributed by atoms with van der Waals surface area (Å²) >= 11 is 0. The molecule has 3 heterocycles. The predicted molar refractivity (Wildman–Crippen MR) is 282 cm³/mol. The summed E-state index contributed by atoms with van der Waals surface area (Å²) in [4.78, 5) is 9.86. The Morgan fingerprint density at radius 2 is 1.01 bits per heavy atom. The first-order valence-electron chi connectivity index (χ1n) is 23.7. The molecule has 0 amide bonds. The van der Waals surface area contributed by atoms with Crippen LogP contribution >= 0.6 is 0 Å². The fourth-order valence-corrected chi connectivity index (χ4v) is 9.81. The second-order valence-corrected chi connectivity index (χ2v) is 21.5. The van der Waals surface area contributed by atoms with E-state index in [2.05, 4.69) is 260 Å². The second kappa shape index (κ2) is 16.3. The van der Waals surface area contributed by atoms with Crippen LogP contribution in [0.25, 0.3) is 27.6 Å². The van der Waals surface area contributed by atoms with Crippen molar-refractivity contribution in [2.45, 2.75) is 90.9 Å². The molecule has 0 aliphatic carbocycles. The van der Waals surface area contributed by atoms with Gasteiger partial charge in [-0.3, -0.25) is 4.57 Å². The minimum Gasteiger partial charge on any atom is -0.457 e. The van der Waals surface area contributed by atoms with Gasteiger partial charge in [0.15, 0.2) is 0 Å². The minimum atomic E-state index is -0.218. The Morgan fingerprint density at radius 1 is 0.403 bits per heavy atom. The Hall–Kier alpha value is -7.11. The summed E-state index contributed by atoms with van der Waals surface area (Å²) < 4.78 is 9.13. The van der Waals surface area contributed by atoms with Crippen LogP contribution in [0.3, 0.4) is 0 Å². The number of pyridine rings is 1. The van der Waals surface area contributed by atoms with Gasteiger partial charge in [-0.1, -0.05) is 166 Å². The van der Waals surface area contributed by atoms with Crippen molar-refractivity contribution >= 4 is 44.6 Å². The second-order valence-electron chi connectivity index (χ2n) is 21.5. The van der Waals surface area contributed by atoms with Crippen molar-refractivity contribution in [1.82, 2.24) is 9.55 Å². The molecule has 0 saturated heterocycles. The van der Waals surface area contributed by atoms with Gasteiger partial charge in [-0.05, 0) is 111 Å². The van der Waals surface area contributed by atoms with Gasteiger partial charge in [0.2, 0.25) is 0 Å². The molecule has 1 aliphatic rings. The Labute approximate surface area is 397 Å². The van der Waals surface area contributed by atoms with Crippen molar-refractivity contribution in [3.63, 3.8) is 0 Å². The van der Waals surface area contributed by atoms with E-state index in [1.165, 1.54) is 55.8 Å². The van der Waals surface area contributed by atoms with E-state index in [1.54, 1.807) is 0 Å². The SMILES string of the molecule is CC(C)(C)c1cc(N2CN(c3cccc(Oc4ccc5c6ccccc6n(-c6cc(C(C)(C)C)ccn6)c5c4)c3)c3cc(C(C)(C)c4ccccc4)ccc32)cc(C(C)(C)c2ccccc2)c1. The molecule has 5 heteroatoms. The van der Waals surface area contributed by atoms with Gasteiger partial charge in [-0.15, -0.1) is 0 Å². The fourth-order valence-electron chi connectivity index (χ4n) is 9.81. The van der Waals surface area contributed by atoms with Gasteiger partial charge < -0.3 is 14.5 Å². The molecule has 336 valence electrons. The normalized spacial score (nSPS) is 13.4. The maximum atomic E-state index is 6.86. The van der Waals surface area contributed by atoms with E-state index in [-0.39, 0.29) is 21.7 Å². The number of rotatable bonds is 9. The Bertz CT molecular complexity index is 3280. The molecular formula is C62H62N4O. The van der Waals surface area contributed by atoms with Crippen LogP contribution < -0.4 is 14.5 Å². The first-order valence-corrected chi connectivity index (χ1v) is 23.7. The van der Waals surface area contributed by atoms with Crippen molar-refractivity contribution in [2.75, 3.05) is 16.5 Å². The summed E-state index contributed by atoms with van der Waals surface area (Å²) in [7, 11) is 0. The zero-order valence-electron chi connectivity index (χ0n) is 40.7. The lowest BCUT2D eigenvalue weighted by atomic mass is 9.75. The van der Waals surface area contributed by atoms with E-state index in [4.69, 9.17) is 9.72 Å². The maximum absolute atomic E-state index is 6.86.